The van der Waals surface area contributed by atoms with E-state index in [-0.39, 0.29) is 11.9 Å². The summed E-state index contributed by atoms with van der Waals surface area (Å²) >= 11 is 0. The lowest BCUT2D eigenvalue weighted by Gasteiger charge is -2.29. The zero-order valence-corrected chi connectivity index (χ0v) is 14.3. The number of nitrogens with one attached hydrogen (secondary N) is 2. The van der Waals surface area contributed by atoms with Gasteiger partial charge in [-0.25, -0.2) is 0 Å². The molecule has 2 aliphatic rings. The fraction of sp³-hybridized carbons (Fsp3) is 0.381. The van der Waals surface area contributed by atoms with E-state index in [0.29, 0.717) is 24.3 Å². The van der Waals surface area contributed by atoms with Crippen LogP contribution in [0.5, 0.6) is 5.75 Å². The fourth-order valence-electron chi connectivity index (χ4n) is 3.98. The molecule has 4 rings (SSSR count). The zero-order valence-electron chi connectivity index (χ0n) is 14.3. The van der Waals surface area contributed by atoms with Gasteiger partial charge in [0, 0.05) is 29.3 Å². The maximum atomic E-state index is 12.8. The Morgan fingerprint density at radius 3 is 2.44 bits per heavy atom. The summed E-state index contributed by atoms with van der Waals surface area (Å²) in [5.74, 6) is 0.825. The molecule has 2 fully saturated rings. The van der Waals surface area contributed by atoms with Crippen LogP contribution in [-0.2, 0) is 6.61 Å². The van der Waals surface area contributed by atoms with E-state index in [1.165, 1.54) is 12.8 Å². The Morgan fingerprint density at radius 1 is 1.00 bits per heavy atom. The Hall–Kier alpha value is -2.33. The third-order valence-corrected chi connectivity index (χ3v) is 5.21. The Bertz CT molecular complexity index is 720. The molecule has 1 amide bonds. The van der Waals surface area contributed by atoms with Crippen LogP contribution in [0.15, 0.2) is 54.6 Å². The van der Waals surface area contributed by atoms with Crippen molar-refractivity contribution in [3.05, 3.63) is 65.7 Å². The van der Waals surface area contributed by atoms with Gasteiger partial charge in [0.2, 0.25) is 0 Å². The Kier molecular flexibility index (Phi) is 4.70. The van der Waals surface area contributed by atoms with Gasteiger partial charge in [0.25, 0.3) is 5.91 Å². The molecular weight excluding hydrogens is 312 g/mol. The molecular formula is C21H24N2O2. The largest absolute Gasteiger partial charge is 0.489 e. The SMILES string of the molecule is O=C(NC1CC2CCC(C1)N2)c1ccccc1COc1ccccc1. The van der Waals surface area contributed by atoms with E-state index in [2.05, 4.69) is 10.6 Å². The predicted molar refractivity (Wildman–Crippen MR) is 97.6 cm³/mol. The van der Waals surface area contributed by atoms with Crippen LogP contribution in [0.4, 0.5) is 0 Å². The minimum atomic E-state index is 0.0126. The smallest absolute Gasteiger partial charge is 0.251 e. The summed E-state index contributed by atoms with van der Waals surface area (Å²) < 4.78 is 5.83. The normalized spacial score (nSPS) is 24.7. The summed E-state index contributed by atoms with van der Waals surface area (Å²) in [6, 6.07) is 18.8. The minimum absolute atomic E-state index is 0.0126. The van der Waals surface area contributed by atoms with Crippen LogP contribution in [0.1, 0.15) is 41.6 Å². The van der Waals surface area contributed by atoms with Gasteiger partial charge >= 0.3 is 0 Å². The number of hydrogen-bond acceptors (Lipinski definition) is 3. The van der Waals surface area contributed by atoms with Crippen molar-refractivity contribution >= 4 is 5.91 Å². The van der Waals surface area contributed by atoms with Gasteiger partial charge in [-0.05, 0) is 43.9 Å². The maximum Gasteiger partial charge on any atom is 0.251 e. The number of carbonyl (C=O) groups excluding carboxylic acids is 1. The summed E-state index contributed by atoms with van der Waals surface area (Å²) in [6.45, 7) is 0.394. The van der Waals surface area contributed by atoms with E-state index >= 15 is 0 Å². The molecule has 0 aromatic heterocycles. The van der Waals surface area contributed by atoms with Crippen LogP contribution in [0.2, 0.25) is 0 Å². The van der Waals surface area contributed by atoms with Crippen LogP contribution < -0.4 is 15.4 Å². The van der Waals surface area contributed by atoms with Crippen LogP contribution in [0.3, 0.4) is 0 Å². The molecule has 2 unspecified atom stereocenters. The van der Waals surface area contributed by atoms with Crippen LogP contribution in [-0.4, -0.2) is 24.0 Å². The number of benzene rings is 2. The monoisotopic (exact) mass is 336 g/mol. The zero-order chi connectivity index (χ0) is 17.1. The second kappa shape index (κ2) is 7.28. The van der Waals surface area contributed by atoms with E-state index in [4.69, 9.17) is 4.74 Å². The van der Waals surface area contributed by atoms with Gasteiger partial charge in [0.1, 0.15) is 12.4 Å². The minimum Gasteiger partial charge on any atom is -0.489 e. The fourth-order valence-corrected chi connectivity index (χ4v) is 3.98. The number of piperidine rings is 1. The highest BCUT2D eigenvalue weighted by molar-refractivity contribution is 5.95. The molecule has 2 bridgehead atoms. The van der Waals surface area contributed by atoms with Crippen LogP contribution >= 0.6 is 0 Å². The van der Waals surface area contributed by atoms with Gasteiger partial charge in [0.05, 0.1) is 0 Å². The topological polar surface area (TPSA) is 50.4 Å². The Morgan fingerprint density at radius 2 is 1.68 bits per heavy atom. The second-order valence-corrected chi connectivity index (χ2v) is 7.04. The number of rotatable bonds is 5. The van der Waals surface area contributed by atoms with E-state index in [0.717, 1.165) is 24.2 Å². The Balaban J connectivity index is 1.42. The molecule has 0 spiro atoms. The molecule has 0 aliphatic carbocycles. The van der Waals surface area contributed by atoms with E-state index in [1.54, 1.807) is 0 Å². The first-order valence-corrected chi connectivity index (χ1v) is 9.10. The van der Waals surface area contributed by atoms with E-state index < -0.39 is 0 Å². The summed E-state index contributed by atoms with van der Waals surface area (Å²) in [7, 11) is 0. The molecule has 2 heterocycles. The number of carbonyl (C=O) groups is 1. The Labute approximate surface area is 148 Å². The summed E-state index contributed by atoms with van der Waals surface area (Å²) in [5, 5.41) is 6.85. The van der Waals surface area contributed by atoms with Crippen molar-refractivity contribution < 1.29 is 9.53 Å². The molecule has 2 aliphatic heterocycles. The lowest BCUT2D eigenvalue weighted by Crippen LogP contribution is -2.48. The molecule has 130 valence electrons. The number of para-hydroxylation sites is 1. The molecule has 2 N–H and O–H groups in total. The first kappa shape index (κ1) is 16.2. The van der Waals surface area contributed by atoms with Crippen molar-refractivity contribution in [1.29, 1.82) is 0 Å². The van der Waals surface area contributed by atoms with Crippen molar-refractivity contribution in [3.8, 4) is 5.75 Å². The maximum absolute atomic E-state index is 12.8. The molecule has 0 radical (unpaired) electrons. The summed E-state index contributed by atoms with van der Waals surface area (Å²) in [5.41, 5.74) is 1.63. The van der Waals surface area contributed by atoms with Crippen molar-refractivity contribution in [1.82, 2.24) is 10.6 Å². The number of hydrogen-bond donors (Lipinski definition) is 2. The van der Waals surface area contributed by atoms with Gasteiger partial charge < -0.3 is 15.4 Å². The van der Waals surface area contributed by atoms with Gasteiger partial charge in [-0.15, -0.1) is 0 Å². The van der Waals surface area contributed by atoms with Gasteiger partial charge in [0.15, 0.2) is 0 Å². The third-order valence-electron chi connectivity index (χ3n) is 5.21. The highest BCUT2D eigenvalue weighted by atomic mass is 16.5. The second-order valence-electron chi connectivity index (χ2n) is 7.04. The summed E-state index contributed by atoms with van der Waals surface area (Å²) in [4.78, 5) is 12.8. The first-order chi connectivity index (χ1) is 12.3. The molecule has 0 saturated carbocycles. The molecule has 2 aromatic rings. The van der Waals surface area contributed by atoms with Gasteiger partial charge in [-0.3, -0.25) is 4.79 Å². The molecule has 2 aromatic carbocycles. The van der Waals surface area contributed by atoms with Crippen LogP contribution in [0.25, 0.3) is 0 Å². The average Bonchev–Trinajstić information content (AvgIpc) is 2.99. The van der Waals surface area contributed by atoms with E-state index in [9.17, 15) is 4.79 Å². The first-order valence-electron chi connectivity index (χ1n) is 9.10. The van der Waals surface area contributed by atoms with Gasteiger partial charge in [-0.1, -0.05) is 36.4 Å². The molecule has 2 atom stereocenters. The molecule has 2 saturated heterocycles. The molecule has 25 heavy (non-hydrogen) atoms. The quantitative estimate of drug-likeness (QED) is 0.881. The van der Waals surface area contributed by atoms with Crippen molar-refractivity contribution in [2.75, 3.05) is 0 Å². The lowest BCUT2D eigenvalue weighted by molar-refractivity contribution is 0.0921. The van der Waals surface area contributed by atoms with Crippen molar-refractivity contribution in [2.24, 2.45) is 0 Å². The predicted octanol–water partition coefficient (Wildman–Crippen LogP) is 3.28. The molecule has 4 heteroatoms. The highest BCUT2D eigenvalue weighted by Gasteiger charge is 2.34. The highest BCUT2D eigenvalue weighted by Crippen LogP contribution is 2.27. The van der Waals surface area contributed by atoms with Gasteiger partial charge in [-0.2, -0.15) is 0 Å². The number of ether oxygens (including phenoxy) is 1. The van der Waals surface area contributed by atoms with Crippen LogP contribution in [0, 0.1) is 0 Å². The van der Waals surface area contributed by atoms with Crippen molar-refractivity contribution in [3.63, 3.8) is 0 Å². The summed E-state index contributed by atoms with van der Waals surface area (Å²) in [6.07, 6.45) is 4.53. The number of amides is 1. The van der Waals surface area contributed by atoms with E-state index in [1.807, 2.05) is 54.6 Å². The lowest BCUT2D eigenvalue weighted by atomic mass is 9.99. The number of fused-ring (bicyclic) bond motifs is 2. The molecule has 4 nitrogen and oxygen atoms in total. The average molecular weight is 336 g/mol. The standard InChI is InChI=1S/C21H24N2O2/c24-21(23-18-12-16-10-11-17(13-18)22-16)20-9-5-4-6-15(20)14-25-19-7-2-1-3-8-19/h1-9,16-18,22H,10-14H2,(H,23,24). The van der Waals surface area contributed by atoms with Crippen molar-refractivity contribution in [2.45, 2.75) is 50.4 Å². The third kappa shape index (κ3) is 3.85.